The number of aryl methyl sites for hydroxylation is 2. The van der Waals surface area contributed by atoms with Gasteiger partial charge in [-0.15, -0.1) is 0 Å². The third-order valence-corrected chi connectivity index (χ3v) is 3.29. The maximum absolute atomic E-state index is 10.9. The Kier molecular flexibility index (Phi) is 2.75. The molecule has 0 amide bonds. The van der Waals surface area contributed by atoms with Crippen LogP contribution in [-0.2, 0) is 0 Å². The largest absolute Gasteiger partial charge is 0.297 e. The Bertz CT molecular complexity index is 821. The quantitative estimate of drug-likeness (QED) is 0.527. The molecule has 0 bridgehead atoms. The second-order valence-electron chi connectivity index (χ2n) is 4.82. The van der Waals surface area contributed by atoms with E-state index in [1.165, 1.54) is 6.07 Å². The van der Waals surface area contributed by atoms with Crippen molar-refractivity contribution in [3.8, 4) is 11.3 Å². The minimum atomic E-state index is -0.385. The first kappa shape index (κ1) is 12.3. The molecule has 0 unspecified atom stereocenters. The number of nitrogens with zero attached hydrogens (tertiary/aromatic N) is 3. The van der Waals surface area contributed by atoms with Crippen LogP contribution in [0.1, 0.15) is 11.3 Å². The molecule has 0 fully saturated rings. The maximum atomic E-state index is 10.9. The molecule has 0 aliphatic heterocycles. The van der Waals surface area contributed by atoms with E-state index >= 15 is 0 Å². The molecule has 1 aromatic carbocycles. The summed E-state index contributed by atoms with van der Waals surface area (Å²) in [5.74, 6) is 0. The summed E-state index contributed by atoms with van der Waals surface area (Å²) in [7, 11) is 0. The SMILES string of the molecule is Cc1cc(C)n2c(-c3cccc([N+](=O)[O-])c3)cnc2c1. The number of fused-ring (bicyclic) bond motifs is 1. The molecule has 2 aromatic heterocycles. The Morgan fingerprint density at radius 3 is 2.75 bits per heavy atom. The Morgan fingerprint density at radius 2 is 2.00 bits per heavy atom. The minimum absolute atomic E-state index is 0.0854. The highest BCUT2D eigenvalue weighted by Gasteiger charge is 2.12. The first-order valence-corrected chi connectivity index (χ1v) is 6.26. The molecule has 0 N–H and O–H groups in total. The molecule has 0 saturated carbocycles. The van der Waals surface area contributed by atoms with Crippen LogP contribution < -0.4 is 0 Å². The molecule has 0 atom stereocenters. The number of pyridine rings is 1. The van der Waals surface area contributed by atoms with Crippen molar-refractivity contribution >= 4 is 11.3 Å². The zero-order chi connectivity index (χ0) is 14.3. The van der Waals surface area contributed by atoms with Gasteiger partial charge in [-0.3, -0.25) is 14.5 Å². The van der Waals surface area contributed by atoms with Crippen molar-refractivity contribution in [2.24, 2.45) is 0 Å². The molecule has 0 aliphatic carbocycles. The second kappa shape index (κ2) is 4.45. The van der Waals surface area contributed by atoms with Gasteiger partial charge in [0.2, 0.25) is 0 Å². The Balaban J connectivity index is 2.25. The number of hydrogen-bond donors (Lipinski definition) is 0. The average Bonchev–Trinajstić information content (AvgIpc) is 2.82. The fraction of sp³-hybridized carbons (Fsp3) is 0.133. The third-order valence-electron chi connectivity index (χ3n) is 3.29. The molecule has 0 saturated heterocycles. The van der Waals surface area contributed by atoms with Crippen LogP contribution in [0.15, 0.2) is 42.6 Å². The zero-order valence-corrected chi connectivity index (χ0v) is 11.2. The number of non-ortho nitro benzene ring substituents is 1. The lowest BCUT2D eigenvalue weighted by Crippen LogP contribution is -1.95. The van der Waals surface area contributed by atoms with E-state index < -0.39 is 0 Å². The fourth-order valence-electron chi connectivity index (χ4n) is 2.46. The smallest absolute Gasteiger partial charge is 0.270 e. The summed E-state index contributed by atoms with van der Waals surface area (Å²) >= 11 is 0. The van der Waals surface area contributed by atoms with Crippen molar-refractivity contribution in [3.05, 3.63) is 64.0 Å². The van der Waals surface area contributed by atoms with Crippen LogP contribution in [0.3, 0.4) is 0 Å². The number of hydrogen-bond acceptors (Lipinski definition) is 3. The molecular weight excluding hydrogens is 254 g/mol. The van der Waals surface area contributed by atoms with E-state index in [2.05, 4.69) is 11.1 Å². The Labute approximate surface area is 115 Å². The van der Waals surface area contributed by atoms with Crippen LogP contribution in [0.2, 0.25) is 0 Å². The summed E-state index contributed by atoms with van der Waals surface area (Å²) in [5.41, 5.74) is 4.79. The lowest BCUT2D eigenvalue weighted by molar-refractivity contribution is -0.384. The normalized spacial score (nSPS) is 10.9. The van der Waals surface area contributed by atoms with E-state index in [-0.39, 0.29) is 10.6 Å². The standard InChI is InChI=1S/C15H13N3O2/c1-10-6-11(2)17-14(9-16-15(17)7-10)12-4-3-5-13(8-12)18(19)20/h3-9H,1-2H3. The average molecular weight is 267 g/mol. The van der Waals surface area contributed by atoms with Gasteiger partial charge < -0.3 is 0 Å². The monoisotopic (exact) mass is 267 g/mol. The molecule has 2 heterocycles. The van der Waals surface area contributed by atoms with Gasteiger partial charge in [0, 0.05) is 23.4 Å². The molecule has 0 radical (unpaired) electrons. The van der Waals surface area contributed by atoms with Gasteiger partial charge in [0.1, 0.15) is 5.65 Å². The lowest BCUT2D eigenvalue weighted by Gasteiger charge is -2.06. The zero-order valence-electron chi connectivity index (χ0n) is 11.2. The van der Waals surface area contributed by atoms with E-state index in [0.29, 0.717) is 0 Å². The number of rotatable bonds is 2. The van der Waals surface area contributed by atoms with Gasteiger partial charge in [-0.1, -0.05) is 12.1 Å². The number of benzene rings is 1. The summed E-state index contributed by atoms with van der Waals surface area (Å²) < 4.78 is 2.01. The summed E-state index contributed by atoms with van der Waals surface area (Å²) in [4.78, 5) is 14.9. The molecule has 0 aliphatic rings. The van der Waals surface area contributed by atoms with Gasteiger partial charge >= 0.3 is 0 Å². The van der Waals surface area contributed by atoms with Crippen molar-refractivity contribution < 1.29 is 4.92 Å². The molecule has 5 heteroatoms. The topological polar surface area (TPSA) is 60.4 Å². The minimum Gasteiger partial charge on any atom is -0.297 e. The molecule has 0 spiro atoms. The van der Waals surface area contributed by atoms with E-state index in [1.807, 2.05) is 30.4 Å². The van der Waals surface area contributed by atoms with Crippen LogP contribution in [0, 0.1) is 24.0 Å². The molecule has 3 rings (SSSR count). The van der Waals surface area contributed by atoms with Crippen LogP contribution in [0.25, 0.3) is 16.9 Å². The maximum Gasteiger partial charge on any atom is 0.270 e. The van der Waals surface area contributed by atoms with E-state index in [0.717, 1.165) is 28.2 Å². The fourth-order valence-corrected chi connectivity index (χ4v) is 2.46. The molecule has 100 valence electrons. The predicted molar refractivity (Wildman–Crippen MR) is 76.8 cm³/mol. The highest BCUT2D eigenvalue weighted by molar-refractivity contribution is 5.67. The van der Waals surface area contributed by atoms with Crippen LogP contribution >= 0.6 is 0 Å². The van der Waals surface area contributed by atoms with Crippen LogP contribution in [0.4, 0.5) is 5.69 Å². The van der Waals surface area contributed by atoms with Gasteiger partial charge in [-0.2, -0.15) is 0 Å². The van der Waals surface area contributed by atoms with Crippen molar-refractivity contribution in [2.45, 2.75) is 13.8 Å². The number of nitro benzene ring substituents is 1. The summed E-state index contributed by atoms with van der Waals surface area (Å²) in [6.45, 7) is 4.03. The number of aromatic nitrogens is 2. The summed E-state index contributed by atoms with van der Waals surface area (Å²) in [5, 5.41) is 10.9. The van der Waals surface area contributed by atoms with Gasteiger partial charge in [-0.05, 0) is 31.5 Å². The predicted octanol–water partition coefficient (Wildman–Crippen LogP) is 3.53. The van der Waals surface area contributed by atoms with E-state index in [4.69, 9.17) is 0 Å². The van der Waals surface area contributed by atoms with Gasteiger partial charge in [0.15, 0.2) is 0 Å². The van der Waals surface area contributed by atoms with Crippen LogP contribution in [-0.4, -0.2) is 14.3 Å². The lowest BCUT2D eigenvalue weighted by atomic mass is 10.1. The van der Waals surface area contributed by atoms with Crippen molar-refractivity contribution in [2.75, 3.05) is 0 Å². The van der Waals surface area contributed by atoms with Gasteiger partial charge in [0.05, 0.1) is 16.8 Å². The second-order valence-corrected chi connectivity index (χ2v) is 4.82. The first-order chi connectivity index (χ1) is 9.56. The number of nitro groups is 1. The van der Waals surface area contributed by atoms with Crippen LogP contribution in [0.5, 0.6) is 0 Å². The van der Waals surface area contributed by atoms with Gasteiger partial charge in [0.25, 0.3) is 5.69 Å². The van der Waals surface area contributed by atoms with E-state index in [1.54, 1.807) is 18.3 Å². The Hall–Kier alpha value is -2.69. The van der Waals surface area contributed by atoms with Crippen molar-refractivity contribution in [1.29, 1.82) is 0 Å². The highest BCUT2D eigenvalue weighted by Crippen LogP contribution is 2.26. The Morgan fingerprint density at radius 1 is 1.20 bits per heavy atom. The molecular formula is C15H13N3O2. The summed E-state index contributed by atoms with van der Waals surface area (Å²) in [6, 6.07) is 10.7. The highest BCUT2D eigenvalue weighted by atomic mass is 16.6. The number of imidazole rings is 1. The molecule has 20 heavy (non-hydrogen) atoms. The molecule has 5 nitrogen and oxygen atoms in total. The first-order valence-electron chi connectivity index (χ1n) is 6.26. The van der Waals surface area contributed by atoms with E-state index in [9.17, 15) is 10.1 Å². The van der Waals surface area contributed by atoms with Crippen molar-refractivity contribution in [1.82, 2.24) is 9.38 Å². The van der Waals surface area contributed by atoms with Crippen molar-refractivity contribution in [3.63, 3.8) is 0 Å². The molecule has 3 aromatic rings. The third kappa shape index (κ3) is 1.93. The summed E-state index contributed by atoms with van der Waals surface area (Å²) in [6.07, 6.45) is 1.75. The van der Waals surface area contributed by atoms with Gasteiger partial charge in [-0.25, -0.2) is 4.98 Å².